The van der Waals surface area contributed by atoms with Crippen molar-refractivity contribution in [2.75, 3.05) is 0 Å². The average Bonchev–Trinajstić information content (AvgIpc) is 2.17. The van der Waals surface area contributed by atoms with E-state index in [-0.39, 0.29) is 42.7 Å². The number of halogens is 2. The molecule has 1 rings (SSSR count). The molecule has 6 nitrogen and oxygen atoms in total. The topological polar surface area (TPSA) is 128 Å². The minimum atomic E-state index is -0.930. The van der Waals surface area contributed by atoms with Gasteiger partial charge in [-0.2, -0.15) is 0 Å². The molecule has 1 unspecified atom stereocenters. The molecule has 0 amide bonds. The van der Waals surface area contributed by atoms with E-state index in [1.54, 1.807) is 0 Å². The number of guanidine groups is 1. The number of aliphatic imine (C=N–C) groups is 1. The maximum absolute atomic E-state index is 10.7. The van der Waals surface area contributed by atoms with Gasteiger partial charge < -0.3 is 22.3 Å². The van der Waals surface area contributed by atoms with Crippen molar-refractivity contribution in [3.05, 3.63) is 0 Å². The van der Waals surface area contributed by atoms with Crippen LogP contribution in [-0.4, -0.2) is 29.1 Å². The van der Waals surface area contributed by atoms with Crippen molar-refractivity contribution in [1.29, 1.82) is 0 Å². The van der Waals surface area contributed by atoms with E-state index in [1.165, 1.54) is 0 Å². The second-order valence-corrected chi connectivity index (χ2v) is 3.99. The second-order valence-electron chi connectivity index (χ2n) is 3.99. The first kappa shape index (κ1) is 18.6. The lowest BCUT2D eigenvalue weighted by atomic mass is 9.82. The Morgan fingerprint density at radius 3 is 2.00 bits per heavy atom. The number of carboxylic acids is 1. The Kier molecular flexibility index (Phi) is 9.19. The summed E-state index contributed by atoms with van der Waals surface area (Å²) in [6.07, 6.45) is 3.16. The third kappa shape index (κ3) is 5.95. The lowest BCUT2D eigenvalue weighted by Crippen LogP contribution is -2.40. The van der Waals surface area contributed by atoms with Crippen LogP contribution in [0.4, 0.5) is 0 Å². The summed E-state index contributed by atoms with van der Waals surface area (Å²) in [7, 11) is 0. The average molecular weight is 287 g/mol. The molecule has 0 saturated heterocycles. The van der Waals surface area contributed by atoms with Crippen molar-refractivity contribution < 1.29 is 9.90 Å². The van der Waals surface area contributed by atoms with Gasteiger partial charge in [0.15, 0.2) is 5.96 Å². The number of nitrogens with two attached hydrogens (primary N) is 3. The number of nitrogens with zero attached hydrogens (tertiary/aromatic N) is 1. The molecule has 1 aliphatic rings. The van der Waals surface area contributed by atoms with Crippen molar-refractivity contribution in [2.45, 2.75) is 37.8 Å². The molecule has 8 heteroatoms. The van der Waals surface area contributed by atoms with Gasteiger partial charge in [0.2, 0.25) is 0 Å². The van der Waals surface area contributed by atoms with E-state index in [9.17, 15) is 4.79 Å². The number of carbonyl (C=O) groups is 1. The Bertz CT molecular complexity index is 264. The Morgan fingerprint density at radius 2 is 1.65 bits per heavy atom. The van der Waals surface area contributed by atoms with Crippen LogP contribution >= 0.6 is 24.8 Å². The number of hydrogen-bond donors (Lipinski definition) is 4. The Balaban J connectivity index is 0. The van der Waals surface area contributed by atoms with Crippen molar-refractivity contribution in [2.24, 2.45) is 28.1 Å². The number of aliphatic carboxylic acids is 1. The van der Waals surface area contributed by atoms with Gasteiger partial charge in [-0.3, -0.25) is 9.79 Å². The van der Waals surface area contributed by atoms with E-state index in [2.05, 4.69) is 4.99 Å². The molecule has 0 spiro atoms. The van der Waals surface area contributed by atoms with Gasteiger partial charge in [-0.05, 0) is 31.6 Å². The third-order valence-electron chi connectivity index (χ3n) is 2.87. The molecule has 0 bridgehead atoms. The largest absolute Gasteiger partial charge is 0.480 e. The monoisotopic (exact) mass is 286 g/mol. The zero-order chi connectivity index (χ0) is 11.4. The highest BCUT2D eigenvalue weighted by Gasteiger charge is 2.29. The SMILES string of the molecule is Cl.Cl.NC(N)=NC1CCC(C(N)C(=O)O)CC1. The number of rotatable bonds is 3. The highest BCUT2D eigenvalue weighted by molar-refractivity contribution is 5.85. The van der Waals surface area contributed by atoms with Crippen LogP contribution in [0.15, 0.2) is 4.99 Å². The molecule has 0 radical (unpaired) electrons. The fraction of sp³-hybridized carbons (Fsp3) is 0.778. The Labute approximate surface area is 113 Å². The van der Waals surface area contributed by atoms with Gasteiger partial charge in [0.25, 0.3) is 0 Å². The van der Waals surface area contributed by atoms with Crippen LogP contribution in [0.3, 0.4) is 0 Å². The van der Waals surface area contributed by atoms with Crippen LogP contribution in [0, 0.1) is 5.92 Å². The van der Waals surface area contributed by atoms with Gasteiger partial charge >= 0.3 is 5.97 Å². The molecule has 1 atom stereocenters. The zero-order valence-corrected chi connectivity index (χ0v) is 11.0. The summed E-state index contributed by atoms with van der Waals surface area (Å²) in [5.41, 5.74) is 16.1. The van der Waals surface area contributed by atoms with E-state index in [1.807, 2.05) is 0 Å². The van der Waals surface area contributed by atoms with E-state index in [4.69, 9.17) is 22.3 Å². The first-order valence-corrected chi connectivity index (χ1v) is 5.08. The van der Waals surface area contributed by atoms with Crippen LogP contribution in [0.25, 0.3) is 0 Å². The molecule has 0 aromatic heterocycles. The molecule has 1 fully saturated rings. The summed E-state index contributed by atoms with van der Waals surface area (Å²) < 4.78 is 0. The summed E-state index contributed by atoms with van der Waals surface area (Å²) >= 11 is 0. The lowest BCUT2D eigenvalue weighted by Gasteiger charge is -2.28. The number of carboxylic acid groups (broad SMARTS) is 1. The normalized spacial score (nSPS) is 24.8. The maximum Gasteiger partial charge on any atom is 0.320 e. The van der Waals surface area contributed by atoms with Gasteiger partial charge in [0.1, 0.15) is 6.04 Å². The molecule has 0 aliphatic heterocycles. The molecule has 17 heavy (non-hydrogen) atoms. The summed E-state index contributed by atoms with van der Waals surface area (Å²) in [6.45, 7) is 0. The van der Waals surface area contributed by atoms with Crippen LogP contribution < -0.4 is 17.2 Å². The summed E-state index contributed by atoms with van der Waals surface area (Å²) in [4.78, 5) is 14.7. The fourth-order valence-corrected chi connectivity index (χ4v) is 2.00. The van der Waals surface area contributed by atoms with Crippen LogP contribution in [0.2, 0.25) is 0 Å². The summed E-state index contributed by atoms with van der Waals surface area (Å²) in [6, 6.07) is -0.627. The quantitative estimate of drug-likeness (QED) is 0.431. The predicted octanol–water partition coefficient (Wildman–Crippen LogP) is 0.0741. The van der Waals surface area contributed by atoms with Crippen molar-refractivity contribution >= 4 is 36.7 Å². The zero-order valence-electron chi connectivity index (χ0n) is 9.41. The number of hydrogen-bond acceptors (Lipinski definition) is 3. The van der Waals surface area contributed by atoms with Gasteiger partial charge in [0.05, 0.1) is 6.04 Å². The molecule has 1 aliphatic carbocycles. The second kappa shape index (κ2) is 8.38. The minimum absolute atomic E-state index is 0. The van der Waals surface area contributed by atoms with Crippen molar-refractivity contribution in [3.63, 3.8) is 0 Å². The smallest absolute Gasteiger partial charge is 0.320 e. The summed E-state index contributed by atoms with van der Waals surface area (Å²) in [5.74, 6) is -0.783. The molecule has 0 heterocycles. The maximum atomic E-state index is 10.7. The van der Waals surface area contributed by atoms with Crippen LogP contribution in [0.1, 0.15) is 25.7 Å². The molecular weight excluding hydrogens is 267 g/mol. The molecular formula is C9H20Cl2N4O2. The van der Waals surface area contributed by atoms with E-state index >= 15 is 0 Å². The predicted molar refractivity (Wildman–Crippen MR) is 71.7 cm³/mol. The van der Waals surface area contributed by atoms with Gasteiger partial charge in [-0.1, -0.05) is 0 Å². The van der Waals surface area contributed by atoms with Gasteiger partial charge in [-0.15, -0.1) is 24.8 Å². The molecule has 1 saturated carbocycles. The molecule has 102 valence electrons. The molecule has 0 aromatic rings. The first-order valence-electron chi connectivity index (χ1n) is 5.08. The van der Waals surface area contributed by atoms with Crippen LogP contribution in [-0.2, 0) is 4.79 Å². The van der Waals surface area contributed by atoms with Crippen molar-refractivity contribution in [3.8, 4) is 0 Å². The first-order chi connectivity index (χ1) is 7.00. The van der Waals surface area contributed by atoms with E-state index in [0.717, 1.165) is 25.7 Å². The fourth-order valence-electron chi connectivity index (χ4n) is 2.00. The lowest BCUT2D eigenvalue weighted by molar-refractivity contribution is -0.140. The highest BCUT2D eigenvalue weighted by atomic mass is 35.5. The Hall–Kier alpha value is -0.720. The van der Waals surface area contributed by atoms with Gasteiger partial charge in [0, 0.05) is 0 Å². The third-order valence-corrected chi connectivity index (χ3v) is 2.87. The minimum Gasteiger partial charge on any atom is -0.480 e. The Morgan fingerprint density at radius 1 is 1.18 bits per heavy atom. The van der Waals surface area contributed by atoms with Crippen molar-refractivity contribution in [1.82, 2.24) is 0 Å². The molecule has 7 N–H and O–H groups in total. The molecule has 0 aromatic carbocycles. The summed E-state index contributed by atoms with van der Waals surface area (Å²) in [5, 5.41) is 8.75. The standard InChI is InChI=1S/C9H18N4O2.2ClH/c10-7(8(14)15)5-1-3-6(4-2-5)13-9(11)12;;/h5-7H,1-4,10H2,(H,14,15)(H4,11,12,13);2*1H. The highest BCUT2D eigenvalue weighted by Crippen LogP contribution is 2.27. The van der Waals surface area contributed by atoms with Crippen LogP contribution in [0.5, 0.6) is 0 Å². The van der Waals surface area contributed by atoms with E-state index in [0.29, 0.717) is 0 Å². The van der Waals surface area contributed by atoms with Gasteiger partial charge in [-0.25, -0.2) is 0 Å². The van der Waals surface area contributed by atoms with E-state index < -0.39 is 12.0 Å².